The molecule has 0 spiro atoms. The second kappa shape index (κ2) is 4.37. The maximum absolute atomic E-state index is 12.2. The van der Waals surface area contributed by atoms with Crippen LogP contribution < -0.4 is 5.73 Å². The summed E-state index contributed by atoms with van der Waals surface area (Å²) in [5.41, 5.74) is 8.82. The molecule has 2 atom stereocenters. The first-order chi connectivity index (χ1) is 9.08. The minimum absolute atomic E-state index is 0.0281. The molecule has 2 unspecified atom stereocenters. The molecular weight excluding hydrogens is 240 g/mol. The van der Waals surface area contributed by atoms with Crippen LogP contribution in [-0.4, -0.2) is 16.7 Å². The van der Waals surface area contributed by atoms with Gasteiger partial charge >= 0.3 is 0 Å². The van der Waals surface area contributed by atoms with Crippen molar-refractivity contribution in [1.29, 1.82) is 0 Å². The van der Waals surface area contributed by atoms with E-state index in [2.05, 4.69) is 0 Å². The Labute approximate surface area is 112 Å². The minimum Gasteiger partial charge on any atom is -0.399 e. The van der Waals surface area contributed by atoms with Gasteiger partial charge in [-0.05, 0) is 42.5 Å². The normalized spacial score (nSPS) is 26.7. The quantitative estimate of drug-likeness (QED) is 0.619. The van der Waals surface area contributed by atoms with E-state index in [4.69, 9.17) is 5.73 Å². The van der Waals surface area contributed by atoms with Gasteiger partial charge in [-0.15, -0.1) is 0 Å². The highest BCUT2D eigenvalue weighted by atomic mass is 16.2. The Morgan fingerprint density at radius 2 is 2.11 bits per heavy atom. The predicted molar refractivity (Wildman–Crippen MR) is 72.2 cm³/mol. The molecule has 0 bridgehead atoms. The van der Waals surface area contributed by atoms with Gasteiger partial charge in [0, 0.05) is 18.0 Å². The summed E-state index contributed by atoms with van der Waals surface area (Å²) < 4.78 is 0. The van der Waals surface area contributed by atoms with Crippen molar-refractivity contribution in [1.82, 2.24) is 4.90 Å². The Morgan fingerprint density at radius 3 is 2.79 bits per heavy atom. The van der Waals surface area contributed by atoms with Crippen LogP contribution in [0.15, 0.2) is 18.2 Å². The van der Waals surface area contributed by atoms with Crippen molar-refractivity contribution in [2.45, 2.75) is 38.6 Å². The molecule has 4 heteroatoms. The SMILES string of the molecule is CC1CC(=O)N(C2CCCc3cc(N)ccc32)C1=O. The van der Waals surface area contributed by atoms with E-state index >= 15 is 0 Å². The molecule has 0 aromatic heterocycles. The number of hydrogen-bond donors (Lipinski definition) is 1. The lowest BCUT2D eigenvalue weighted by molar-refractivity contribution is -0.142. The van der Waals surface area contributed by atoms with Gasteiger partial charge in [-0.2, -0.15) is 0 Å². The van der Waals surface area contributed by atoms with Crippen LogP contribution in [0.5, 0.6) is 0 Å². The Kier molecular flexibility index (Phi) is 2.81. The Morgan fingerprint density at radius 1 is 1.32 bits per heavy atom. The molecule has 1 aromatic carbocycles. The average Bonchev–Trinajstić information content (AvgIpc) is 2.62. The summed E-state index contributed by atoms with van der Waals surface area (Å²) in [7, 11) is 0. The molecule has 1 aliphatic heterocycles. The van der Waals surface area contributed by atoms with E-state index < -0.39 is 0 Å². The van der Waals surface area contributed by atoms with Crippen molar-refractivity contribution >= 4 is 17.5 Å². The van der Waals surface area contributed by atoms with Gasteiger partial charge in [0.25, 0.3) is 0 Å². The molecule has 100 valence electrons. The summed E-state index contributed by atoms with van der Waals surface area (Å²) in [6, 6.07) is 5.70. The van der Waals surface area contributed by atoms with E-state index in [1.54, 1.807) is 0 Å². The fourth-order valence-corrected chi connectivity index (χ4v) is 3.21. The molecule has 0 saturated carbocycles. The summed E-state index contributed by atoms with van der Waals surface area (Å²) in [4.78, 5) is 25.7. The number of benzene rings is 1. The number of nitrogens with two attached hydrogens (primary N) is 1. The highest BCUT2D eigenvalue weighted by Crippen LogP contribution is 2.38. The van der Waals surface area contributed by atoms with Crippen LogP contribution in [0.25, 0.3) is 0 Å². The van der Waals surface area contributed by atoms with E-state index in [0.717, 1.165) is 30.5 Å². The molecule has 1 aromatic rings. The van der Waals surface area contributed by atoms with Gasteiger partial charge in [0.2, 0.25) is 11.8 Å². The van der Waals surface area contributed by atoms with E-state index in [1.165, 1.54) is 10.5 Å². The van der Waals surface area contributed by atoms with E-state index in [9.17, 15) is 9.59 Å². The standard InChI is InChI=1S/C15H18N2O2/c1-9-7-14(18)17(15(9)19)13-4-2-3-10-8-11(16)5-6-12(10)13/h5-6,8-9,13H,2-4,7,16H2,1H3. The fourth-order valence-electron chi connectivity index (χ4n) is 3.21. The van der Waals surface area contributed by atoms with Crippen LogP contribution in [-0.2, 0) is 16.0 Å². The summed E-state index contributed by atoms with van der Waals surface area (Å²) in [5.74, 6) is -0.237. The summed E-state index contributed by atoms with van der Waals surface area (Å²) >= 11 is 0. The largest absolute Gasteiger partial charge is 0.399 e. The molecule has 1 saturated heterocycles. The second-order valence-corrected chi connectivity index (χ2v) is 5.57. The molecule has 1 fully saturated rings. The third-order valence-corrected chi connectivity index (χ3v) is 4.17. The molecule has 2 amide bonds. The van der Waals surface area contributed by atoms with Crippen LogP contribution in [0.2, 0.25) is 0 Å². The van der Waals surface area contributed by atoms with Gasteiger partial charge in [0.05, 0.1) is 6.04 Å². The number of anilines is 1. The number of hydrogen-bond acceptors (Lipinski definition) is 3. The highest BCUT2D eigenvalue weighted by Gasteiger charge is 2.41. The second-order valence-electron chi connectivity index (χ2n) is 5.57. The van der Waals surface area contributed by atoms with Crippen LogP contribution >= 0.6 is 0 Å². The van der Waals surface area contributed by atoms with Gasteiger partial charge in [-0.1, -0.05) is 13.0 Å². The van der Waals surface area contributed by atoms with Crippen molar-refractivity contribution in [2.24, 2.45) is 5.92 Å². The Balaban J connectivity index is 2.00. The molecule has 19 heavy (non-hydrogen) atoms. The summed E-state index contributed by atoms with van der Waals surface area (Å²) in [5, 5.41) is 0. The number of rotatable bonds is 1. The third-order valence-electron chi connectivity index (χ3n) is 4.17. The molecule has 2 aliphatic rings. The molecule has 1 aliphatic carbocycles. The first kappa shape index (κ1) is 12.2. The lowest BCUT2D eigenvalue weighted by atomic mass is 9.86. The monoisotopic (exact) mass is 258 g/mol. The lowest BCUT2D eigenvalue weighted by Crippen LogP contribution is -2.36. The lowest BCUT2D eigenvalue weighted by Gasteiger charge is -2.32. The van der Waals surface area contributed by atoms with Gasteiger partial charge in [0.1, 0.15) is 0 Å². The number of amides is 2. The smallest absolute Gasteiger partial charge is 0.233 e. The zero-order valence-electron chi connectivity index (χ0n) is 11.1. The average molecular weight is 258 g/mol. The van der Waals surface area contributed by atoms with E-state index in [1.807, 2.05) is 25.1 Å². The first-order valence-electron chi connectivity index (χ1n) is 6.82. The van der Waals surface area contributed by atoms with Crippen LogP contribution in [0.1, 0.15) is 43.4 Å². The number of nitrogens with zero attached hydrogens (tertiary/aromatic N) is 1. The molecule has 0 radical (unpaired) electrons. The third kappa shape index (κ3) is 1.91. The minimum atomic E-state index is -0.174. The predicted octanol–water partition coefficient (Wildman–Crippen LogP) is 2.04. The number of fused-ring (bicyclic) bond motifs is 1. The number of carbonyl (C=O) groups excluding carboxylic acids is 2. The van der Waals surface area contributed by atoms with Gasteiger partial charge in [-0.25, -0.2) is 0 Å². The van der Waals surface area contributed by atoms with Crippen LogP contribution in [0.4, 0.5) is 5.69 Å². The topological polar surface area (TPSA) is 63.4 Å². The van der Waals surface area contributed by atoms with E-state index in [0.29, 0.717) is 6.42 Å². The molecule has 1 heterocycles. The van der Waals surface area contributed by atoms with Crippen molar-refractivity contribution in [2.75, 3.05) is 5.73 Å². The molecule has 4 nitrogen and oxygen atoms in total. The number of nitrogen functional groups attached to an aromatic ring is 1. The molecule has 2 N–H and O–H groups in total. The first-order valence-corrected chi connectivity index (χ1v) is 6.82. The zero-order valence-corrected chi connectivity index (χ0v) is 11.1. The number of likely N-dealkylation sites (tertiary alicyclic amines) is 1. The molecular formula is C15H18N2O2. The number of aryl methyl sites for hydroxylation is 1. The van der Waals surface area contributed by atoms with Crippen LogP contribution in [0, 0.1) is 5.92 Å². The van der Waals surface area contributed by atoms with Gasteiger partial charge in [0.15, 0.2) is 0 Å². The maximum Gasteiger partial charge on any atom is 0.233 e. The van der Waals surface area contributed by atoms with Crippen molar-refractivity contribution in [3.8, 4) is 0 Å². The Hall–Kier alpha value is -1.84. The molecule has 3 rings (SSSR count). The highest BCUT2D eigenvalue weighted by molar-refractivity contribution is 6.03. The van der Waals surface area contributed by atoms with E-state index in [-0.39, 0.29) is 23.8 Å². The zero-order chi connectivity index (χ0) is 13.6. The fraction of sp³-hybridized carbons (Fsp3) is 0.467. The maximum atomic E-state index is 12.2. The van der Waals surface area contributed by atoms with Crippen molar-refractivity contribution < 1.29 is 9.59 Å². The van der Waals surface area contributed by atoms with Crippen molar-refractivity contribution in [3.63, 3.8) is 0 Å². The number of imide groups is 1. The Bertz CT molecular complexity index is 553. The van der Waals surface area contributed by atoms with Gasteiger partial charge in [-0.3, -0.25) is 14.5 Å². The van der Waals surface area contributed by atoms with Crippen LogP contribution in [0.3, 0.4) is 0 Å². The van der Waals surface area contributed by atoms with Gasteiger partial charge < -0.3 is 5.73 Å². The summed E-state index contributed by atoms with van der Waals surface area (Å²) in [6.45, 7) is 1.83. The van der Waals surface area contributed by atoms with Crippen molar-refractivity contribution in [3.05, 3.63) is 29.3 Å². The number of carbonyl (C=O) groups is 2. The summed E-state index contributed by atoms with van der Waals surface area (Å²) in [6.07, 6.45) is 3.18.